The summed E-state index contributed by atoms with van der Waals surface area (Å²) >= 11 is 0. The minimum atomic E-state index is -0.735. The molecule has 0 spiro atoms. The summed E-state index contributed by atoms with van der Waals surface area (Å²) < 4.78 is 0. The van der Waals surface area contributed by atoms with Crippen molar-refractivity contribution in [2.24, 2.45) is 11.8 Å². The van der Waals surface area contributed by atoms with Crippen LogP contribution in [0, 0.1) is 11.8 Å². The van der Waals surface area contributed by atoms with E-state index in [1.807, 2.05) is 9.80 Å². The first-order valence-corrected chi connectivity index (χ1v) is 8.18. The number of carboxylic acid groups (broad SMARTS) is 1. The van der Waals surface area contributed by atoms with Crippen LogP contribution < -0.4 is 0 Å². The smallest absolute Gasteiger partial charge is 0.320 e. The predicted octanol–water partition coefficient (Wildman–Crippen LogP) is 3.05. The Morgan fingerprint density at radius 1 is 1.19 bits per heavy atom. The molecule has 5 nitrogen and oxygen atoms in total. The average molecular weight is 298 g/mol. The number of carbonyl (C=O) groups excluding carboxylic acids is 1. The number of likely N-dealkylation sites (tertiary alicyclic amines) is 1. The van der Waals surface area contributed by atoms with Crippen molar-refractivity contribution in [2.45, 2.75) is 59.4 Å². The summed E-state index contributed by atoms with van der Waals surface area (Å²) in [5.74, 6) is -0.590. The van der Waals surface area contributed by atoms with Crippen molar-refractivity contribution in [1.82, 2.24) is 9.80 Å². The van der Waals surface area contributed by atoms with Gasteiger partial charge in [-0.15, -0.1) is 0 Å². The van der Waals surface area contributed by atoms with Gasteiger partial charge in [0, 0.05) is 25.7 Å². The molecular weight excluding hydrogens is 268 g/mol. The highest BCUT2D eigenvalue weighted by Crippen LogP contribution is 2.21. The van der Waals surface area contributed by atoms with Gasteiger partial charge in [-0.25, -0.2) is 4.79 Å². The molecule has 0 aliphatic carbocycles. The minimum absolute atomic E-state index is 0.0845. The lowest BCUT2D eigenvalue weighted by Gasteiger charge is -2.39. The summed E-state index contributed by atoms with van der Waals surface area (Å²) in [5, 5.41) is 9.04. The molecule has 0 aromatic heterocycles. The van der Waals surface area contributed by atoms with E-state index in [0.717, 1.165) is 19.4 Å². The number of rotatable bonds is 6. The monoisotopic (exact) mass is 298 g/mol. The zero-order valence-corrected chi connectivity index (χ0v) is 13.8. The number of nitrogens with zero attached hydrogens (tertiary/aromatic N) is 2. The van der Waals surface area contributed by atoms with Crippen LogP contribution in [0.5, 0.6) is 0 Å². The van der Waals surface area contributed by atoms with E-state index in [-0.39, 0.29) is 18.0 Å². The van der Waals surface area contributed by atoms with Gasteiger partial charge in [-0.05, 0) is 31.6 Å². The quantitative estimate of drug-likeness (QED) is 0.820. The number of carboxylic acids is 1. The Balaban J connectivity index is 2.70. The molecule has 1 heterocycles. The Morgan fingerprint density at radius 3 is 2.10 bits per heavy atom. The van der Waals surface area contributed by atoms with Crippen molar-refractivity contribution < 1.29 is 14.7 Å². The maximum atomic E-state index is 12.8. The van der Waals surface area contributed by atoms with Crippen LogP contribution in [0.4, 0.5) is 4.79 Å². The molecule has 1 N–H and O–H groups in total. The first-order valence-electron chi connectivity index (χ1n) is 8.18. The van der Waals surface area contributed by atoms with Crippen LogP contribution >= 0.6 is 0 Å². The van der Waals surface area contributed by atoms with E-state index in [9.17, 15) is 9.59 Å². The third-order valence-electron chi connectivity index (χ3n) is 4.31. The molecule has 0 aromatic rings. The van der Waals surface area contributed by atoms with E-state index in [4.69, 9.17) is 5.11 Å². The topological polar surface area (TPSA) is 60.9 Å². The molecule has 1 aliphatic rings. The van der Waals surface area contributed by atoms with Gasteiger partial charge in [-0.2, -0.15) is 0 Å². The Bertz CT molecular complexity index is 345. The van der Waals surface area contributed by atoms with E-state index >= 15 is 0 Å². The molecule has 0 aromatic carbocycles. The SMILES string of the molecule is CCC(CC)N(CC(C)C)C(=O)N1CCC(C(=O)O)CC1. The fourth-order valence-corrected chi connectivity index (χ4v) is 3.01. The molecule has 0 unspecified atom stereocenters. The zero-order chi connectivity index (χ0) is 16.0. The number of hydrogen-bond donors (Lipinski definition) is 1. The number of carbonyl (C=O) groups is 2. The number of piperidine rings is 1. The van der Waals surface area contributed by atoms with Gasteiger partial charge in [0.1, 0.15) is 0 Å². The van der Waals surface area contributed by atoms with E-state index < -0.39 is 5.97 Å². The van der Waals surface area contributed by atoms with E-state index in [0.29, 0.717) is 31.8 Å². The zero-order valence-electron chi connectivity index (χ0n) is 13.8. The van der Waals surface area contributed by atoms with Crippen LogP contribution in [0.25, 0.3) is 0 Å². The Labute approximate surface area is 128 Å². The van der Waals surface area contributed by atoms with Crippen molar-refractivity contribution in [3.05, 3.63) is 0 Å². The normalized spacial score (nSPS) is 16.6. The summed E-state index contributed by atoms with van der Waals surface area (Å²) in [6.07, 6.45) is 3.06. The fourth-order valence-electron chi connectivity index (χ4n) is 3.01. The van der Waals surface area contributed by atoms with Gasteiger partial charge in [-0.3, -0.25) is 4.79 Å². The van der Waals surface area contributed by atoms with Crippen LogP contribution in [0.2, 0.25) is 0 Å². The van der Waals surface area contributed by atoms with E-state index in [1.54, 1.807) is 0 Å². The first-order chi connectivity index (χ1) is 9.90. The summed E-state index contributed by atoms with van der Waals surface area (Å²) in [4.78, 5) is 27.6. The maximum absolute atomic E-state index is 12.8. The first kappa shape index (κ1) is 17.8. The Hall–Kier alpha value is -1.26. The number of aliphatic carboxylic acids is 1. The van der Waals surface area contributed by atoms with Gasteiger partial charge < -0.3 is 14.9 Å². The second kappa shape index (κ2) is 8.25. The summed E-state index contributed by atoms with van der Waals surface area (Å²) in [7, 11) is 0. The minimum Gasteiger partial charge on any atom is -0.481 e. The number of amides is 2. The highest BCUT2D eigenvalue weighted by atomic mass is 16.4. The van der Waals surface area contributed by atoms with Gasteiger partial charge in [-0.1, -0.05) is 27.7 Å². The lowest BCUT2D eigenvalue weighted by Crippen LogP contribution is -2.51. The van der Waals surface area contributed by atoms with Crippen LogP contribution in [-0.2, 0) is 4.79 Å². The molecule has 1 rings (SSSR count). The molecule has 0 saturated carbocycles. The molecule has 0 atom stereocenters. The maximum Gasteiger partial charge on any atom is 0.320 e. The Kier molecular flexibility index (Phi) is 6.99. The molecule has 1 fully saturated rings. The lowest BCUT2D eigenvalue weighted by atomic mass is 9.97. The van der Waals surface area contributed by atoms with Crippen molar-refractivity contribution in [1.29, 1.82) is 0 Å². The molecule has 122 valence electrons. The molecule has 1 saturated heterocycles. The van der Waals surface area contributed by atoms with E-state index in [2.05, 4.69) is 27.7 Å². The molecule has 0 bridgehead atoms. The van der Waals surface area contributed by atoms with Crippen molar-refractivity contribution in [2.75, 3.05) is 19.6 Å². The van der Waals surface area contributed by atoms with Crippen molar-refractivity contribution >= 4 is 12.0 Å². The van der Waals surface area contributed by atoms with Crippen LogP contribution in [0.1, 0.15) is 53.4 Å². The highest BCUT2D eigenvalue weighted by Gasteiger charge is 2.31. The molecule has 5 heteroatoms. The van der Waals surface area contributed by atoms with Crippen molar-refractivity contribution in [3.8, 4) is 0 Å². The molecule has 0 radical (unpaired) electrons. The molecular formula is C16H30N2O3. The third-order valence-corrected chi connectivity index (χ3v) is 4.31. The van der Waals surface area contributed by atoms with Gasteiger partial charge in [0.05, 0.1) is 5.92 Å². The summed E-state index contributed by atoms with van der Waals surface area (Å²) in [5.41, 5.74) is 0. The Morgan fingerprint density at radius 2 is 1.71 bits per heavy atom. The average Bonchev–Trinajstić information content (AvgIpc) is 2.46. The van der Waals surface area contributed by atoms with Gasteiger partial charge in [0.15, 0.2) is 0 Å². The van der Waals surface area contributed by atoms with E-state index in [1.165, 1.54) is 0 Å². The van der Waals surface area contributed by atoms with Crippen LogP contribution in [0.15, 0.2) is 0 Å². The van der Waals surface area contributed by atoms with Crippen LogP contribution in [-0.4, -0.2) is 52.6 Å². The standard InChI is InChI=1S/C16H30N2O3/c1-5-14(6-2)18(11-12(3)4)16(21)17-9-7-13(8-10-17)15(19)20/h12-14H,5-11H2,1-4H3,(H,19,20). The molecule has 1 aliphatic heterocycles. The summed E-state index contributed by atoms with van der Waals surface area (Å²) in [6.45, 7) is 10.4. The second-order valence-electron chi connectivity index (χ2n) is 6.40. The highest BCUT2D eigenvalue weighted by molar-refractivity contribution is 5.76. The molecule has 21 heavy (non-hydrogen) atoms. The second-order valence-corrected chi connectivity index (χ2v) is 6.40. The molecule has 2 amide bonds. The third kappa shape index (κ3) is 4.90. The largest absolute Gasteiger partial charge is 0.481 e. The van der Waals surface area contributed by atoms with Crippen molar-refractivity contribution in [3.63, 3.8) is 0 Å². The fraction of sp³-hybridized carbons (Fsp3) is 0.875. The number of urea groups is 1. The number of hydrogen-bond acceptors (Lipinski definition) is 2. The lowest BCUT2D eigenvalue weighted by molar-refractivity contribution is -0.143. The summed E-state index contributed by atoms with van der Waals surface area (Å²) in [6, 6.07) is 0.360. The predicted molar refractivity (Wildman–Crippen MR) is 83.2 cm³/mol. The van der Waals surface area contributed by atoms with Gasteiger partial charge in [0.25, 0.3) is 0 Å². The van der Waals surface area contributed by atoms with Crippen LogP contribution in [0.3, 0.4) is 0 Å². The van der Waals surface area contributed by atoms with Gasteiger partial charge >= 0.3 is 12.0 Å². The van der Waals surface area contributed by atoms with Gasteiger partial charge in [0.2, 0.25) is 0 Å².